The van der Waals surface area contributed by atoms with Crippen LogP contribution in [-0.4, -0.2) is 35.7 Å². The van der Waals surface area contributed by atoms with Gasteiger partial charge in [0.1, 0.15) is 5.75 Å². The molecule has 29 heavy (non-hydrogen) atoms. The molecule has 0 aliphatic rings. The Balaban J connectivity index is 2.11. The molecule has 154 valence electrons. The van der Waals surface area contributed by atoms with E-state index in [-0.39, 0.29) is 17.9 Å². The van der Waals surface area contributed by atoms with Gasteiger partial charge < -0.3 is 19.9 Å². The number of hydrogen-bond donors (Lipinski definition) is 2. The maximum Gasteiger partial charge on any atom is 0.347 e. The Morgan fingerprint density at radius 2 is 1.79 bits per heavy atom. The minimum atomic E-state index is -1.15. The van der Waals surface area contributed by atoms with Crippen LogP contribution >= 0.6 is 15.9 Å². The van der Waals surface area contributed by atoms with Gasteiger partial charge in [0.25, 0.3) is 5.91 Å². The molecule has 0 aliphatic heterocycles. The van der Waals surface area contributed by atoms with Gasteiger partial charge in [0.2, 0.25) is 0 Å². The standard InChI is InChI=1S/C21H22BrNO6/c1-3-5-18(21(27)28-4-2)29-15-9-6-13(7-10-15)19(24)23-17-11-8-14(22)12-16(17)20(25)26/h6-12,18H,3-5H2,1-2H3,(H,23,24)(H,25,26). The highest BCUT2D eigenvalue weighted by Crippen LogP contribution is 2.23. The lowest BCUT2D eigenvalue weighted by atomic mass is 10.1. The van der Waals surface area contributed by atoms with Crippen molar-refractivity contribution in [2.45, 2.75) is 32.8 Å². The van der Waals surface area contributed by atoms with E-state index >= 15 is 0 Å². The van der Waals surface area contributed by atoms with Crippen LogP contribution in [0.15, 0.2) is 46.9 Å². The normalized spacial score (nSPS) is 11.4. The Hall–Kier alpha value is -2.87. The number of anilines is 1. The molecule has 1 atom stereocenters. The van der Waals surface area contributed by atoms with Gasteiger partial charge in [0.05, 0.1) is 17.9 Å². The highest BCUT2D eigenvalue weighted by molar-refractivity contribution is 9.10. The van der Waals surface area contributed by atoms with Crippen LogP contribution in [0.2, 0.25) is 0 Å². The average Bonchev–Trinajstić information content (AvgIpc) is 2.69. The largest absolute Gasteiger partial charge is 0.479 e. The van der Waals surface area contributed by atoms with E-state index in [1.54, 1.807) is 25.1 Å². The van der Waals surface area contributed by atoms with Gasteiger partial charge in [-0.2, -0.15) is 0 Å². The van der Waals surface area contributed by atoms with Crippen LogP contribution in [0.4, 0.5) is 5.69 Å². The molecule has 0 aliphatic carbocycles. The Labute approximate surface area is 177 Å². The molecule has 2 rings (SSSR count). The lowest BCUT2D eigenvalue weighted by molar-refractivity contribution is -0.151. The van der Waals surface area contributed by atoms with Crippen molar-refractivity contribution >= 4 is 39.5 Å². The molecule has 0 radical (unpaired) electrons. The number of rotatable bonds is 9. The van der Waals surface area contributed by atoms with Crippen molar-refractivity contribution in [1.82, 2.24) is 0 Å². The van der Waals surface area contributed by atoms with E-state index in [1.807, 2.05) is 6.92 Å². The number of halogens is 1. The predicted octanol–water partition coefficient (Wildman–Crippen LogP) is 4.51. The van der Waals surface area contributed by atoms with E-state index < -0.39 is 23.9 Å². The van der Waals surface area contributed by atoms with E-state index in [0.717, 1.165) is 6.42 Å². The number of benzene rings is 2. The molecule has 0 spiro atoms. The first kappa shape index (κ1) is 22.4. The molecule has 0 fully saturated rings. The van der Waals surface area contributed by atoms with Crippen molar-refractivity contribution in [2.75, 3.05) is 11.9 Å². The summed E-state index contributed by atoms with van der Waals surface area (Å²) >= 11 is 3.21. The summed E-state index contributed by atoms with van der Waals surface area (Å²) in [6.45, 7) is 3.95. The summed E-state index contributed by atoms with van der Waals surface area (Å²) in [6, 6.07) is 10.8. The average molecular weight is 464 g/mol. The van der Waals surface area contributed by atoms with Crippen molar-refractivity contribution in [2.24, 2.45) is 0 Å². The number of carboxylic acid groups (broad SMARTS) is 1. The van der Waals surface area contributed by atoms with Gasteiger partial charge in [-0.3, -0.25) is 4.79 Å². The predicted molar refractivity (Wildman–Crippen MR) is 111 cm³/mol. The Bertz CT molecular complexity index is 881. The summed E-state index contributed by atoms with van der Waals surface area (Å²) in [7, 11) is 0. The van der Waals surface area contributed by atoms with Crippen molar-refractivity contribution in [3.05, 3.63) is 58.1 Å². The summed E-state index contributed by atoms with van der Waals surface area (Å²) in [5.74, 6) is -1.60. The van der Waals surface area contributed by atoms with Gasteiger partial charge in [-0.25, -0.2) is 9.59 Å². The summed E-state index contributed by atoms with van der Waals surface area (Å²) in [4.78, 5) is 35.8. The Kier molecular flexibility index (Phi) is 8.21. The van der Waals surface area contributed by atoms with E-state index in [4.69, 9.17) is 9.47 Å². The van der Waals surface area contributed by atoms with Gasteiger partial charge in [-0.05, 0) is 55.8 Å². The highest BCUT2D eigenvalue weighted by Gasteiger charge is 2.21. The highest BCUT2D eigenvalue weighted by atomic mass is 79.9. The Morgan fingerprint density at radius 1 is 1.10 bits per heavy atom. The van der Waals surface area contributed by atoms with Gasteiger partial charge >= 0.3 is 11.9 Å². The van der Waals surface area contributed by atoms with Gasteiger partial charge in [-0.15, -0.1) is 0 Å². The second kappa shape index (κ2) is 10.6. The molecule has 2 N–H and O–H groups in total. The van der Waals surface area contributed by atoms with E-state index in [2.05, 4.69) is 21.2 Å². The molecular formula is C21H22BrNO6. The number of ether oxygens (including phenoxy) is 2. The van der Waals surface area contributed by atoms with Crippen LogP contribution in [0.5, 0.6) is 5.75 Å². The topological polar surface area (TPSA) is 102 Å². The Morgan fingerprint density at radius 3 is 2.38 bits per heavy atom. The quantitative estimate of drug-likeness (QED) is 0.530. The zero-order valence-corrected chi connectivity index (χ0v) is 17.7. The molecule has 8 heteroatoms. The molecule has 0 saturated heterocycles. The van der Waals surface area contributed by atoms with Crippen molar-refractivity contribution in [3.63, 3.8) is 0 Å². The second-order valence-corrected chi connectivity index (χ2v) is 7.04. The molecule has 2 aromatic carbocycles. The molecular weight excluding hydrogens is 442 g/mol. The lowest BCUT2D eigenvalue weighted by Crippen LogP contribution is -2.29. The fraction of sp³-hybridized carbons (Fsp3) is 0.286. The molecule has 7 nitrogen and oxygen atoms in total. The first-order valence-corrected chi connectivity index (χ1v) is 9.92. The summed E-state index contributed by atoms with van der Waals surface area (Å²) in [6.07, 6.45) is 0.562. The van der Waals surface area contributed by atoms with Crippen LogP contribution in [0, 0.1) is 0 Å². The molecule has 0 aromatic heterocycles. The number of carboxylic acids is 1. The van der Waals surface area contributed by atoms with Gasteiger partial charge in [-0.1, -0.05) is 29.3 Å². The molecule has 2 aromatic rings. The maximum atomic E-state index is 12.5. The number of amides is 1. The number of carbonyl (C=O) groups is 3. The van der Waals surface area contributed by atoms with Crippen LogP contribution < -0.4 is 10.1 Å². The number of nitrogens with one attached hydrogen (secondary N) is 1. The monoisotopic (exact) mass is 463 g/mol. The minimum absolute atomic E-state index is 0.0236. The summed E-state index contributed by atoms with van der Waals surface area (Å²) in [5, 5.41) is 11.9. The number of esters is 1. The number of aromatic carboxylic acids is 1. The zero-order valence-electron chi connectivity index (χ0n) is 16.1. The smallest absolute Gasteiger partial charge is 0.347 e. The molecule has 0 bridgehead atoms. The van der Waals surface area contributed by atoms with E-state index in [9.17, 15) is 19.5 Å². The zero-order chi connectivity index (χ0) is 21.4. The van der Waals surface area contributed by atoms with Crippen molar-refractivity contribution < 1.29 is 29.0 Å². The van der Waals surface area contributed by atoms with Crippen molar-refractivity contribution in [1.29, 1.82) is 0 Å². The summed E-state index contributed by atoms with van der Waals surface area (Å²) in [5.41, 5.74) is 0.487. The SMILES string of the molecule is CCCC(Oc1ccc(C(=O)Nc2ccc(Br)cc2C(=O)O)cc1)C(=O)OCC. The molecule has 0 heterocycles. The third kappa shape index (κ3) is 6.32. The van der Waals surface area contributed by atoms with Crippen LogP contribution in [0.3, 0.4) is 0 Å². The fourth-order valence-corrected chi connectivity index (χ4v) is 2.93. The third-order valence-electron chi connectivity index (χ3n) is 3.96. The summed E-state index contributed by atoms with van der Waals surface area (Å²) < 4.78 is 11.3. The first-order chi connectivity index (χ1) is 13.8. The van der Waals surface area contributed by atoms with Crippen LogP contribution in [0.25, 0.3) is 0 Å². The van der Waals surface area contributed by atoms with Crippen LogP contribution in [-0.2, 0) is 9.53 Å². The second-order valence-electron chi connectivity index (χ2n) is 6.12. The maximum absolute atomic E-state index is 12.5. The van der Waals surface area contributed by atoms with E-state index in [1.165, 1.54) is 24.3 Å². The van der Waals surface area contributed by atoms with Gasteiger partial charge in [0.15, 0.2) is 6.10 Å². The van der Waals surface area contributed by atoms with Crippen LogP contribution in [0.1, 0.15) is 47.4 Å². The van der Waals surface area contributed by atoms with Crippen molar-refractivity contribution in [3.8, 4) is 5.75 Å². The number of hydrogen-bond acceptors (Lipinski definition) is 5. The first-order valence-electron chi connectivity index (χ1n) is 9.13. The molecule has 1 amide bonds. The fourth-order valence-electron chi connectivity index (χ4n) is 2.57. The van der Waals surface area contributed by atoms with E-state index in [0.29, 0.717) is 22.2 Å². The number of carbonyl (C=O) groups excluding carboxylic acids is 2. The molecule has 1 unspecified atom stereocenters. The lowest BCUT2D eigenvalue weighted by Gasteiger charge is -2.17. The molecule has 0 saturated carbocycles. The van der Waals surface area contributed by atoms with Gasteiger partial charge in [0, 0.05) is 10.0 Å². The third-order valence-corrected chi connectivity index (χ3v) is 4.45. The minimum Gasteiger partial charge on any atom is -0.479 e.